The second kappa shape index (κ2) is 7.70. The molecule has 0 aliphatic heterocycles. The zero-order chi connectivity index (χ0) is 19.4. The van der Waals surface area contributed by atoms with Crippen molar-refractivity contribution < 1.29 is 22.4 Å². The average Bonchev–Trinajstić information content (AvgIpc) is 3.10. The molecule has 0 saturated carbocycles. The summed E-state index contributed by atoms with van der Waals surface area (Å²) >= 11 is 0.336. The maximum Gasteiger partial charge on any atom is 0.443 e. The molecule has 0 saturated heterocycles. The molecule has 0 aliphatic carbocycles. The van der Waals surface area contributed by atoms with Crippen molar-refractivity contribution in [3.8, 4) is 0 Å². The van der Waals surface area contributed by atoms with Crippen molar-refractivity contribution in [1.29, 1.82) is 0 Å². The van der Waals surface area contributed by atoms with E-state index in [0.29, 0.717) is 11.3 Å². The molecule has 0 fully saturated rings. The second-order valence-electron chi connectivity index (χ2n) is 5.36. The molecule has 0 unspecified atom stereocenters. The van der Waals surface area contributed by atoms with Crippen molar-refractivity contribution >= 4 is 28.1 Å². The maximum absolute atomic E-state index is 12.9. The van der Waals surface area contributed by atoms with Crippen LogP contribution in [0.1, 0.15) is 20.9 Å². The lowest BCUT2D eigenvalue weighted by atomic mass is 10.2. The zero-order valence-electron chi connectivity index (χ0n) is 13.5. The standard InChI is InChI=1S/C17H12F4N4OS/c18-11-5-3-10(4-6-11)8-23-14-12(2-1-7-22-14)15(26)25-13-9-24-16(27-13)17(19,20)21/h1-7,9H,8H2,(H,22,23)(H,25,26). The minimum atomic E-state index is -4.57. The predicted molar refractivity (Wildman–Crippen MR) is 93.0 cm³/mol. The number of nitrogens with one attached hydrogen (secondary N) is 2. The van der Waals surface area contributed by atoms with Crippen LogP contribution < -0.4 is 10.6 Å². The molecule has 10 heteroatoms. The summed E-state index contributed by atoms with van der Waals surface area (Å²) in [7, 11) is 0. The molecule has 140 valence electrons. The van der Waals surface area contributed by atoms with Crippen LogP contribution in [0, 0.1) is 5.82 Å². The second-order valence-corrected chi connectivity index (χ2v) is 6.39. The van der Waals surface area contributed by atoms with Crippen molar-refractivity contribution in [3.63, 3.8) is 0 Å². The van der Waals surface area contributed by atoms with Gasteiger partial charge in [-0.2, -0.15) is 13.2 Å². The quantitative estimate of drug-likeness (QED) is 0.621. The van der Waals surface area contributed by atoms with E-state index in [2.05, 4.69) is 20.6 Å². The summed E-state index contributed by atoms with van der Waals surface area (Å²) in [4.78, 5) is 19.7. The SMILES string of the molecule is O=C(Nc1cnc(C(F)(F)F)s1)c1cccnc1NCc1ccc(F)cc1. The normalized spacial score (nSPS) is 11.3. The van der Waals surface area contributed by atoms with E-state index < -0.39 is 17.1 Å². The molecular weight excluding hydrogens is 384 g/mol. The lowest BCUT2D eigenvalue weighted by Gasteiger charge is -2.10. The van der Waals surface area contributed by atoms with Crippen molar-refractivity contribution in [2.24, 2.45) is 0 Å². The number of pyridine rings is 1. The molecule has 0 aliphatic rings. The van der Waals surface area contributed by atoms with Gasteiger partial charge in [0.15, 0.2) is 5.01 Å². The van der Waals surface area contributed by atoms with Crippen molar-refractivity contribution in [2.45, 2.75) is 12.7 Å². The van der Waals surface area contributed by atoms with Crippen LogP contribution in [0.2, 0.25) is 0 Å². The molecule has 3 aromatic rings. The Kier molecular flexibility index (Phi) is 5.36. The number of alkyl halides is 3. The number of rotatable bonds is 5. The lowest BCUT2D eigenvalue weighted by Crippen LogP contribution is -2.15. The minimum Gasteiger partial charge on any atom is -0.365 e. The number of nitrogens with zero attached hydrogens (tertiary/aromatic N) is 2. The van der Waals surface area contributed by atoms with Gasteiger partial charge in [-0.15, -0.1) is 0 Å². The third kappa shape index (κ3) is 4.79. The monoisotopic (exact) mass is 396 g/mol. The van der Waals surface area contributed by atoms with Crippen LogP contribution in [0.4, 0.5) is 28.4 Å². The van der Waals surface area contributed by atoms with E-state index >= 15 is 0 Å². The van der Waals surface area contributed by atoms with Crippen LogP contribution in [-0.4, -0.2) is 15.9 Å². The Morgan fingerprint density at radius 2 is 1.85 bits per heavy atom. The van der Waals surface area contributed by atoms with Crippen LogP contribution in [0.5, 0.6) is 0 Å². The topological polar surface area (TPSA) is 66.9 Å². The number of hydrogen-bond donors (Lipinski definition) is 2. The Balaban J connectivity index is 1.71. The van der Waals surface area contributed by atoms with Crippen molar-refractivity contribution in [1.82, 2.24) is 9.97 Å². The van der Waals surface area contributed by atoms with Gasteiger partial charge < -0.3 is 10.6 Å². The highest BCUT2D eigenvalue weighted by molar-refractivity contribution is 7.16. The lowest BCUT2D eigenvalue weighted by molar-refractivity contribution is -0.137. The van der Waals surface area contributed by atoms with Crippen LogP contribution in [0.15, 0.2) is 48.8 Å². The van der Waals surface area contributed by atoms with Gasteiger partial charge in [-0.05, 0) is 29.8 Å². The van der Waals surface area contributed by atoms with Gasteiger partial charge in [0.25, 0.3) is 5.91 Å². The summed E-state index contributed by atoms with van der Waals surface area (Å²) in [6.07, 6.45) is -2.14. The summed E-state index contributed by atoms with van der Waals surface area (Å²) in [5.41, 5.74) is 0.923. The van der Waals surface area contributed by atoms with Crippen LogP contribution in [-0.2, 0) is 12.7 Å². The molecule has 1 aromatic carbocycles. The van der Waals surface area contributed by atoms with Gasteiger partial charge >= 0.3 is 6.18 Å². The third-order valence-electron chi connectivity index (χ3n) is 3.41. The Hall–Kier alpha value is -3.01. The van der Waals surface area contributed by atoms with Crippen LogP contribution in [0.25, 0.3) is 0 Å². The van der Waals surface area contributed by atoms with Crippen molar-refractivity contribution in [2.75, 3.05) is 10.6 Å². The highest BCUT2D eigenvalue weighted by Crippen LogP contribution is 2.34. The first kappa shape index (κ1) is 18.8. The molecule has 5 nitrogen and oxygen atoms in total. The summed E-state index contributed by atoms with van der Waals surface area (Å²) in [6, 6.07) is 8.81. The molecule has 0 radical (unpaired) electrons. The van der Waals surface area contributed by atoms with E-state index in [0.717, 1.165) is 11.8 Å². The molecule has 2 N–H and O–H groups in total. The van der Waals surface area contributed by atoms with Crippen molar-refractivity contribution in [3.05, 3.63) is 70.7 Å². The van der Waals surface area contributed by atoms with E-state index in [4.69, 9.17) is 0 Å². The predicted octanol–water partition coefficient (Wildman–Crippen LogP) is 4.56. The van der Waals surface area contributed by atoms with E-state index in [9.17, 15) is 22.4 Å². The fourth-order valence-electron chi connectivity index (χ4n) is 2.16. The van der Waals surface area contributed by atoms with Gasteiger partial charge in [-0.1, -0.05) is 23.5 Å². The van der Waals surface area contributed by atoms with E-state index in [-0.39, 0.29) is 28.7 Å². The molecular formula is C17H12F4N4OS. The van der Waals surface area contributed by atoms with E-state index in [1.807, 2.05) is 0 Å². The van der Waals surface area contributed by atoms with Gasteiger partial charge in [0.1, 0.15) is 16.6 Å². The minimum absolute atomic E-state index is 0.0272. The summed E-state index contributed by atoms with van der Waals surface area (Å²) in [5, 5.41) is 4.27. The maximum atomic E-state index is 12.9. The van der Waals surface area contributed by atoms with Gasteiger partial charge in [0.05, 0.1) is 11.8 Å². The fourth-order valence-corrected chi connectivity index (χ4v) is 2.84. The third-order valence-corrected chi connectivity index (χ3v) is 4.37. The smallest absolute Gasteiger partial charge is 0.365 e. The Morgan fingerprint density at radius 1 is 1.11 bits per heavy atom. The molecule has 0 spiro atoms. The highest BCUT2D eigenvalue weighted by atomic mass is 32.1. The summed E-state index contributed by atoms with van der Waals surface area (Å²) < 4.78 is 50.8. The van der Waals surface area contributed by atoms with Crippen LogP contribution in [0.3, 0.4) is 0 Å². The average molecular weight is 396 g/mol. The zero-order valence-corrected chi connectivity index (χ0v) is 14.4. The molecule has 3 rings (SSSR count). The number of carbonyl (C=O) groups excluding carboxylic acids is 1. The highest BCUT2D eigenvalue weighted by Gasteiger charge is 2.34. The number of carbonyl (C=O) groups is 1. The Morgan fingerprint density at radius 3 is 2.52 bits per heavy atom. The number of halogens is 4. The number of hydrogen-bond acceptors (Lipinski definition) is 5. The number of amides is 1. The number of thiazole rings is 1. The van der Waals surface area contributed by atoms with E-state index in [1.54, 1.807) is 12.1 Å². The van der Waals surface area contributed by atoms with Gasteiger partial charge in [0.2, 0.25) is 0 Å². The first-order valence-electron chi connectivity index (χ1n) is 7.60. The molecule has 0 bridgehead atoms. The Bertz CT molecular complexity index is 941. The number of anilines is 2. The fraction of sp³-hybridized carbons (Fsp3) is 0.118. The summed E-state index contributed by atoms with van der Waals surface area (Å²) in [5.74, 6) is -0.735. The largest absolute Gasteiger partial charge is 0.443 e. The van der Waals surface area contributed by atoms with E-state index in [1.165, 1.54) is 30.5 Å². The first-order chi connectivity index (χ1) is 12.8. The Labute approximate surface area is 155 Å². The summed E-state index contributed by atoms with van der Waals surface area (Å²) in [6.45, 7) is 0.288. The van der Waals surface area contributed by atoms with Gasteiger partial charge in [-0.25, -0.2) is 14.4 Å². The first-order valence-corrected chi connectivity index (χ1v) is 8.42. The molecule has 0 atom stereocenters. The number of aromatic nitrogens is 2. The molecule has 2 aromatic heterocycles. The van der Waals surface area contributed by atoms with Gasteiger partial charge in [0, 0.05) is 12.7 Å². The van der Waals surface area contributed by atoms with Gasteiger partial charge in [-0.3, -0.25) is 4.79 Å². The molecule has 1 amide bonds. The molecule has 27 heavy (non-hydrogen) atoms. The number of benzene rings is 1. The van der Waals surface area contributed by atoms with Crippen LogP contribution >= 0.6 is 11.3 Å². The molecule has 2 heterocycles.